The Balaban J connectivity index is 1.99. The van der Waals surface area contributed by atoms with Crippen LogP contribution in [0, 0.1) is 0 Å². The fourth-order valence-corrected chi connectivity index (χ4v) is 2.38. The Kier molecular flexibility index (Phi) is 2.93. The summed E-state index contributed by atoms with van der Waals surface area (Å²) in [5, 5.41) is 0. The lowest BCUT2D eigenvalue weighted by atomic mass is 10.1. The summed E-state index contributed by atoms with van der Waals surface area (Å²) in [6.07, 6.45) is 2.06. The molecule has 1 aromatic heterocycles. The van der Waals surface area contributed by atoms with Gasteiger partial charge in [-0.25, -0.2) is 0 Å². The van der Waals surface area contributed by atoms with Crippen LogP contribution in [0.15, 0.2) is 18.3 Å². The number of rotatable bonds is 2. The Bertz CT molecular complexity index is 244. The molecule has 2 unspecified atom stereocenters. The zero-order chi connectivity index (χ0) is 9.10. The molecule has 0 spiro atoms. The average Bonchev–Trinajstić information content (AvgIpc) is 2.71. The fraction of sp³-hybridized carbons (Fsp3) is 0.556. The molecule has 72 valence electrons. The first kappa shape index (κ1) is 9.12. The predicted molar refractivity (Wildman–Crippen MR) is 54.8 cm³/mol. The number of H-pyrrole nitrogens is 1. The third kappa shape index (κ3) is 2.07. The molecule has 2 heterocycles. The van der Waals surface area contributed by atoms with Crippen molar-refractivity contribution in [2.45, 2.75) is 12.1 Å². The first-order valence-electron chi connectivity index (χ1n) is 4.46. The van der Waals surface area contributed by atoms with E-state index in [2.05, 4.69) is 4.98 Å². The highest BCUT2D eigenvalue weighted by Gasteiger charge is 2.23. The molecule has 1 saturated heterocycles. The maximum atomic E-state index is 6.04. The lowest BCUT2D eigenvalue weighted by molar-refractivity contribution is 0.0561. The topological polar surface area (TPSA) is 51.0 Å². The standard InChI is InChI=1S/C9H14N2OS/c10-9(7-2-1-3-11-7)8-6-13-5-4-12-8/h1-3,8-9,11H,4-6,10H2. The van der Waals surface area contributed by atoms with Crippen molar-refractivity contribution in [2.24, 2.45) is 5.73 Å². The second-order valence-corrected chi connectivity index (χ2v) is 4.29. The maximum absolute atomic E-state index is 6.04. The van der Waals surface area contributed by atoms with Crippen LogP contribution in [-0.4, -0.2) is 29.2 Å². The van der Waals surface area contributed by atoms with Gasteiger partial charge < -0.3 is 15.5 Å². The van der Waals surface area contributed by atoms with Gasteiger partial charge in [-0.3, -0.25) is 0 Å². The third-order valence-electron chi connectivity index (χ3n) is 2.22. The highest BCUT2D eigenvalue weighted by atomic mass is 32.2. The molecule has 0 amide bonds. The van der Waals surface area contributed by atoms with E-state index >= 15 is 0 Å². The summed E-state index contributed by atoms with van der Waals surface area (Å²) in [6, 6.07) is 3.96. The summed E-state index contributed by atoms with van der Waals surface area (Å²) in [7, 11) is 0. The monoisotopic (exact) mass is 198 g/mol. The molecule has 4 heteroatoms. The molecule has 3 nitrogen and oxygen atoms in total. The lowest BCUT2D eigenvalue weighted by Crippen LogP contribution is -2.34. The number of thioether (sulfide) groups is 1. The summed E-state index contributed by atoms with van der Waals surface area (Å²) < 4.78 is 5.60. The van der Waals surface area contributed by atoms with Gasteiger partial charge in [0.05, 0.1) is 18.8 Å². The lowest BCUT2D eigenvalue weighted by Gasteiger charge is -2.26. The Morgan fingerprint density at radius 1 is 1.69 bits per heavy atom. The van der Waals surface area contributed by atoms with Gasteiger partial charge >= 0.3 is 0 Å². The van der Waals surface area contributed by atoms with E-state index in [1.54, 1.807) is 0 Å². The van der Waals surface area contributed by atoms with Crippen LogP contribution in [0.3, 0.4) is 0 Å². The van der Waals surface area contributed by atoms with Gasteiger partial charge in [0.2, 0.25) is 0 Å². The van der Waals surface area contributed by atoms with E-state index in [0.717, 1.165) is 23.8 Å². The summed E-state index contributed by atoms with van der Waals surface area (Å²) in [5.41, 5.74) is 7.11. The Hall–Kier alpha value is -0.450. The zero-order valence-electron chi connectivity index (χ0n) is 7.40. The molecule has 2 atom stereocenters. The van der Waals surface area contributed by atoms with E-state index in [4.69, 9.17) is 10.5 Å². The van der Waals surface area contributed by atoms with Crippen LogP contribution in [0.1, 0.15) is 11.7 Å². The van der Waals surface area contributed by atoms with Gasteiger partial charge in [-0.2, -0.15) is 11.8 Å². The SMILES string of the molecule is NC(c1ccc[nH]1)C1CSCCO1. The molecule has 0 saturated carbocycles. The van der Waals surface area contributed by atoms with Crippen LogP contribution in [0.5, 0.6) is 0 Å². The molecule has 2 rings (SSSR count). The van der Waals surface area contributed by atoms with Crippen molar-refractivity contribution in [1.29, 1.82) is 0 Å². The fourth-order valence-electron chi connectivity index (χ4n) is 1.47. The van der Waals surface area contributed by atoms with Crippen molar-refractivity contribution < 1.29 is 4.74 Å². The Morgan fingerprint density at radius 2 is 2.62 bits per heavy atom. The second-order valence-electron chi connectivity index (χ2n) is 3.14. The summed E-state index contributed by atoms with van der Waals surface area (Å²) in [4.78, 5) is 3.12. The van der Waals surface area contributed by atoms with Crippen molar-refractivity contribution in [3.05, 3.63) is 24.0 Å². The first-order valence-corrected chi connectivity index (χ1v) is 5.61. The molecule has 0 aliphatic carbocycles. The summed E-state index contributed by atoms with van der Waals surface area (Å²) in [6.45, 7) is 0.823. The zero-order valence-corrected chi connectivity index (χ0v) is 8.22. The predicted octanol–water partition coefficient (Wildman–Crippen LogP) is 1.15. The van der Waals surface area contributed by atoms with E-state index in [0.29, 0.717) is 0 Å². The summed E-state index contributed by atoms with van der Waals surface area (Å²) in [5.74, 6) is 2.09. The molecular formula is C9H14N2OS. The molecule has 1 fully saturated rings. The van der Waals surface area contributed by atoms with Gasteiger partial charge in [-0.15, -0.1) is 0 Å². The normalized spacial score (nSPS) is 25.8. The molecule has 1 aromatic rings. The number of hydrogen-bond acceptors (Lipinski definition) is 3. The average molecular weight is 198 g/mol. The van der Waals surface area contributed by atoms with Crippen molar-refractivity contribution in [3.63, 3.8) is 0 Å². The van der Waals surface area contributed by atoms with Crippen LogP contribution >= 0.6 is 11.8 Å². The van der Waals surface area contributed by atoms with Crippen LogP contribution in [0.2, 0.25) is 0 Å². The number of nitrogens with two attached hydrogens (primary N) is 1. The highest BCUT2D eigenvalue weighted by molar-refractivity contribution is 7.99. The number of ether oxygens (including phenoxy) is 1. The van der Waals surface area contributed by atoms with Crippen molar-refractivity contribution >= 4 is 11.8 Å². The quantitative estimate of drug-likeness (QED) is 0.749. The maximum Gasteiger partial charge on any atom is 0.0872 e. The van der Waals surface area contributed by atoms with Crippen molar-refractivity contribution in [1.82, 2.24) is 4.98 Å². The van der Waals surface area contributed by atoms with Gasteiger partial charge in [-0.05, 0) is 12.1 Å². The molecule has 13 heavy (non-hydrogen) atoms. The number of aromatic amines is 1. The first-order chi connectivity index (χ1) is 6.38. The molecule has 1 aliphatic rings. The minimum atomic E-state index is -0.0113. The molecule has 1 aliphatic heterocycles. The Morgan fingerprint density at radius 3 is 3.23 bits per heavy atom. The van der Waals surface area contributed by atoms with E-state index in [-0.39, 0.29) is 12.1 Å². The molecule has 0 bridgehead atoms. The van der Waals surface area contributed by atoms with Crippen LogP contribution < -0.4 is 5.73 Å². The van der Waals surface area contributed by atoms with Crippen LogP contribution in [0.25, 0.3) is 0 Å². The minimum absolute atomic E-state index is 0.0113. The van der Waals surface area contributed by atoms with Crippen LogP contribution in [0.4, 0.5) is 0 Å². The minimum Gasteiger partial charge on any atom is -0.374 e. The summed E-state index contributed by atoms with van der Waals surface area (Å²) >= 11 is 1.91. The van der Waals surface area contributed by atoms with E-state index in [1.165, 1.54) is 0 Å². The van der Waals surface area contributed by atoms with Crippen molar-refractivity contribution in [2.75, 3.05) is 18.1 Å². The molecule has 0 radical (unpaired) electrons. The van der Waals surface area contributed by atoms with Gasteiger partial charge in [0.25, 0.3) is 0 Å². The number of hydrogen-bond donors (Lipinski definition) is 2. The van der Waals surface area contributed by atoms with Gasteiger partial charge in [0.1, 0.15) is 0 Å². The molecule has 3 N–H and O–H groups in total. The van der Waals surface area contributed by atoms with Crippen LogP contribution in [-0.2, 0) is 4.74 Å². The molecular weight excluding hydrogens is 184 g/mol. The number of nitrogens with one attached hydrogen (secondary N) is 1. The van der Waals surface area contributed by atoms with E-state index < -0.39 is 0 Å². The largest absolute Gasteiger partial charge is 0.374 e. The molecule has 0 aromatic carbocycles. The third-order valence-corrected chi connectivity index (χ3v) is 3.24. The van der Waals surface area contributed by atoms with Gasteiger partial charge in [0, 0.05) is 23.4 Å². The van der Waals surface area contributed by atoms with Gasteiger partial charge in [-0.1, -0.05) is 0 Å². The highest BCUT2D eigenvalue weighted by Crippen LogP contribution is 2.22. The van der Waals surface area contributed by atoms with Crippen molar-refractivity contribution in [3.8, 4) is 0 Å². The second kappa shape index (κ2) is 4.17. The van der Waals surface area contributed by atoms with E-state index in [1.807, 2.05) is 30.1 Å². The van der Waals surface area contributed by atoms with Gasteiger partial charge in [0.15, 0.2) is 0 Å². The Labute approximate surface area is 82.0 Å². The van der Waals surface area contributed by atoms with E-state index in [9.17, 15) is 0 Å². The smallest absolute Gasteiger partial charge is 0.0872 e. The number of aromatic nitrogens is 1.